The fourth-order valence-electron chi connectivity index (χ4n) is 3.91. The number of benzene rings is 1. The van der Waals surface area contributed by atoms with Gasteiger partial charge in [-0.25, -0.2) is 4.79 Å². The Hall–Kier alpha value is -5.26. The molecule has 18 nitrogen and oxygen atoms in total. The van der Waals surface area contributed by atoms with Gasteiger partial charge < -0.3 is 52.8 Å². The SMILES string of the molecule is NC(N)=NCCC[C@H](NC(=O)N[C@@H](CC(=O)O)C(=O)CC(Cc1ccc(O)cc1)C(=O)O)c1nc([C@@H](N)CC(=O)O)no1. The third kappa shape index (κ3) is 12.0. The summed E-state index contributed by atoms with van der Waals surface area (Å²) < 4.78 is 5.16. The maximum atomic E-state index is 13.0. The summed E-state index contributed by atoms with van der Waals surface area (Å²) in [5.74, 6) is -6.51. The summed E-state index contributed by atoms with van der Waals surface area (Å²) in [6.45, 7) is 0.152. The summed E-state index contributed by atoms with van der Waals surface area (Å²) in [5.41, 5.74) is 16.9. The number of ketones is 1. The number of guanidine groups is 1. The van der Waals surface area contributed by atoms with E-state index in [0.29, 0.717) is 5.56 Å². The Balaban J connectivity index is 2.18. The Morgan fingerprint density at radius 1 is 0.953 bits per heavy atom. The lowest BCUT2D eigenvalue weighted by Crippen LogP contribution is -2.48. The first kappa shape index (κ1) is 33.9. The number of nitrogens with two attached hydrogens (primary N) is 3. The molecule has 1 aromatic heterocycles. The quantitative estimate of drug-likeness (QED) is 0.0580. The monoisotopic (exact) mass is 606 g/mol. The maximum absolute atomic E-state index is 13.0. The summed E-state index contributed by atoms with van der Waals surface area (Å²) in [7, 11) is 0. The van der Waals surface area contributed by atoms with Crippen LogP contribution in [0.5, 0.6) is 5.75 Å². The summed E-state index contributed by atoms with van der Waals surface area (Å²) in [6, 6.07) is 0.962. The molecule has 43 heavy (non-hydrogen) atoms. The topological polar surface area (TPSA) is 320 Å². The van der Waals surface area contributed by atoms with E-state index in [0.717, 1.165) is 0 Å². The number of aromatic nitrogens is 2. The number of carbonyl (C=O) groups excluding carboxylic acids is 2. The number of nitrogens with one attached hydrogen (secondary N) is 2. The van der Waals surface area contributed by atoms with E-state index in [-0.39, 0.29) is 49.2 Å². The fraction of sp³-hybridized carbons (Fsp3) is 0.440. The molecule has 2 amide bonds. The van der Waals surface area contributed by atoms with Crippen LogP contribution >= 0.6 is 0 Å². The number of carboxylic acids is 3. The summed E-state index contributed by atoms with van der Waals surface area (Å²) >= 11 is 0. The zero-order valence-corrected chi connectivity index (χ0v) is 22.9. The Bertz CT molecular complexity index is 1310. The molecule has 0 bridgehead atoms. The van der Waals surface area contributed by atoms with E-state index in [1.807, 2.05) is 0 Å². The van der Waals surface area contributed by atoms with Crippen LogP contribution in [-0.4, -0.2) is 78.8 Å². The highest BCUT2D eigenvalue weighted by Gasteiger charge is 2.31. The third-order valence-electron chi connectivity index (χ3n) is 6.02. The number of hydrogen-bond donors (Lipinski definition) is 9. The lowest BCUT2D eigenvalue weighted by Gasteiger charge is -2.21. The molecule has 0 aliphatic heterocycles. The molecule has 234 valence electrons. The molecular formula is C25H34N8O10. The highest BCUT2D eigenvalue weighted by atomic mass is 16.5. The van der Waals surface area contributed by atoms with Crippen LogP contribution in [0.15, 0.2) is 33.8 Å². The second kappa shape index (κ2) is 16.2. The van der Waals surface area contributed by atoms with E-state index in [4.69, 9.17) is 26.8 Å². The molecule has 0 aliphatic carbocycles. The molecule has 2 aromatic rings. The molecule has 0 saturated carbocycles. The first-order valence-electron chi connectivity index (χ1n) is 12.9. The number of carbonyl (C=O) groups is 5. The molecule has 1 heterocycles. The first-order valence-corrected chi connectivity index (χ1v) is 12.9. The zero-order chi connectivity index (χ0) is 32.1. The van der Waals surface area contributed by atoms with Crippen molar-refractivity contribution >= 4 is 35.7 Å². The van der Waals surface area contributed by atoms with Gasteiger partial charge >= 0.3 is 23.9 Å². The van der Waals surface area contributed by atoms with Gasteiger partial charge in [0.15, 0.2) is 17.6 Å². The smallest absolute Gasteiger partial charge is 0.316 e. The number of nitrogens with zero attached hydrogens (tertiary/aromatic N) is 3. The summed E-state index contributed by atoms with van der Waals surface area (Å²) in [6.07, 6.45) is -1.60. The molecule has 0 fully saturated rings. The van der Waals surface area contributed by atoms with Crippen molar-refractivity contribution in [3.8, 4) is 5.75 Å². The lowest BCUT2D eigenvalue weighted by atomic mass is 9.91. The van der Waals surface area contributed by atoms with Crippen LogP contribution in [0.4, 0.5) is 4.79 Å². The van der Waals surface area contributed by atoms with Gasteiger partial charge in [-0.1, -0.05) is 17.3 Å². The van der Waals surface area contributed by atoms with E-state index in [2.05, 4.69) is 25.8 Å². The predicted molar refractivity (Wildman–Crippen MR) is 146 cm³/mol. The van der Waals surface area contributed by atoms with Crippen LogP contribution in [0.25, 0.3) is 0 Å². The van der Waals surface area contributed by atoms with Crippen molar-refractivity contribution in [1.29, 1.82) is 0 Å². The molecule has 12 N–H and O–H groups in total. The Morgan fingerprint density at radius 2 is 1.60 bits per heavy atom. The molecule has 0 saturated heterocycles. The van der Waals surface area contributed by atoms with Crippen molar-refractivity contribution in [1.82, 2.24) is 20.8 Å². The average Bonchev–Trinajstić information content (AvgIpc) is 3.40. The minimum absolute atomic E-state index is 0.0298. The number of carboxylic acid groups (broad SMARTS) is 3. The molecular weight excluding hydrogens is 572 g/mol. The van der Waals surface area contributed by atoms with Gasteiger partial charge in [-0.3, -0.25) is 24.2 Å². The normalized spacial score (nSPS) is 13.6. The standard InChI is InChI=1S/C25H34N8O10/c26-15(10-19(36)37)21-32-22(43-33-21)16(2-1-7-29-24(27)28)30-25(42)31-17(11-20(38)39)18(35)9-13(23(40)41)8-12-3-5-14(34)6-4-12/h3-6,13,15-17,34H,1-2,7-11,26H2,(H,36,37)(H,38,39)(H,40,41)(H4,27,28,29)(H2,30,31,42)/t13?,15-,16-,17-/m0/s1. The number of aliphatic imine (C=N–C) groups is 1. The van der Waals surface area contributed by atoms with Crippen LogP contribution < -0.4 is 27.8 Å². The van der Waals surface area contributed by atoms with Crippen LogP contribution in [0.1, 0.15) is 61.5 Å². The van der Waals surface area contributed by atoms with Crippen molar-refractivity contribution in [3.63, 3.8) is 0 Å². The largest absolute Gasteiger partial charge is 0.508 e. The highest BCUT2D eigenvalue weighted by Crippen LogP contribution is 2.21. The molecule has 1 aromatic carbocycles. The van der Waals surface area contributed by atoms with E-state index in [1.165, 1.54) is 24.3 Å². The van der Waals surface area contributed by atoms with Gasteiger partial charge in [0.05, 0.1) is 30.8 Å². The summed E-state index contributed by atoms with van der Waals surface area (Å²) in [4.78, 5) is 68.1. The Kier molecular flexibility index (Phi) is 12.8. The zero-order valence-electron chi connectivity index (χ0n) is 22.9. The second-order valence-corrected chi connectivity index (χ2v) is 9.54. The van der Waals surface area contributed by atoms with E-state index < -0.39 is 73.0 Å². The lowest BCUT2D eigenvalue weighted by molar-refractivity contribution is -0.144. The molecule has 4 atom stereocenters. The molecule has 2 rings (SSSR count). The molecule has 0 radical (unpaired) electrons. The Morgan fingerprint density at radius 3 is 2.19 bits per heavy atom. The number of urea groups is 1. The van der Waals surface area contributed by atoms with Crippen LogP contribution in [0.3, 0.4) is 0 Å². The Labute approximate surface area is 244 Å². The number of hydrogen-bond acceptors (Lipinski definition) is 11. The van der Waals surface area contributed by atoms with Crippen LogP contribution in [0, 0.1) is 5.92 Å². The highest BCUT2D eigenvalue weighted by molar-refractivity contribution is 5.93. The third-order valence-corrected chi connectivity index (χ3v) is 6.02. The average molecular weight is 607 g/mol. The predicted octanol–water partition coefficient (Wildman–Crippen LogP) is -0.610. The van der Waals surface area contributed by atoms with Crippen LogP contribution in [0.2, 0.25) is 0 Å². The van der Waals surface area contributed by atoms with Crippen molar-refractivity contribution in [2.45, 2.75) is 56.7 Å². The van der Waals surface area contributed by atoms with Gasteiger partial charge in [0.25, 0.3) is 0 Å². The second-order valence-electron chi connectivity index (χ2n) is 9.54. The number of aromatic hydroxyl groups is 1. The van der Waals surface area contributed by atoms with Crippen molar-refractivity contribution in [3.05, 3.63) is 41.5 Å². The molecule has 0 spiro atoms. The van der Waals surface area contributed by atoms with Crippen molar-refractivity contribution < 1.29 is 48.9 Å². The van der Waals surface area contributed by atoms with E-state index >= 15 is 0 Å². The number of phenols is 1. The van der Waals surface area contributed by atoms with Gasteiger partial charge in [-0.05, 0) is 37.0 Å². The number of phenolic OH excluding ortho intramolecular Hbond substituents is 1. The van der Waals surface area contributed by atoms with E-state index in [9.17, 15) is 39.3 Å². The van der Waals surface area contributed by atoms with Gasteiger partial charge in [-0.2, -0.15) is 4.98 Å². The van der Waals surface area contributed by atoms with E-state index in [1.54, 1.807) is 0 Å². The number of amides is 2. The fourth-order valence-corrected chi connectivity index (χ4v) is 3.91. The number of aliphatic carboxylic acids is 3. The molecule has 0 aliphatic rings. The molecule has 18 heteroatoms. The maximum Gasteiger partial charge on any atom is 0.316 e. The molecule has 1 unspecified atom stereocenters. The van der Waals surface area contributed by atoms with Crippen molar-refractivity contribution in [2.24, 2.45) is 28.1 Å². The van der Waals surface area contributed by atoms with Gasteiger partial charge in [0.1, 0.15) is 11.8 Å². The first-order chi connectivity index (χ1) is 20.2. The van der Waals surface area contributed by atoms with Gasteiger partial charge in [0.2, 0.25) is 5.89 Å². The number of Topliss-reactive ketones (excluding diaryl/α,β-unsaturated/α-hetero) is 1. The minimum atomic E-state index is -1.59. The van der Waals surface area contributed by atoms with Gasteiger partial charge in [-0.15, -0.1) is 0 Å². The van der Waals surface area contributed by atoms with Gasteiger partial charge in [0, 0.05) is 13.0 Å². The number of rotatable bonds is 18. The minimum Gasteiger partial charge on any atom is -0.508 e. The van der Waals surface area contributed by atoms with Crippen LogP contribution in [-0.2, 0) is 25.6 Å². The summed E-state index contributed by atoms with van der Waals surface area (Å²) in [5, 5.41) is 45.8. The van der Waals surface area contributed by atoms with Crippen molar-refractivity contribution in [2.75, 3.05) is 6.54 Å².